The molecular formula is C20H30O. The largest absolute Gasteiger partial charge is 0.303 e. The number of hydrogen-bond donors (Lipinski definition) is 0. The average molecular weight is 286 g/mol. The van der Waals surface area contributed by atoms with Crippen molar-refractivity contribution < 1.29 is 4.79 Å². The second-order valence-corrected chi connectivity index (χ2v) is 4.81. The molecule has 0 aliphatic carbocycles. The van der Waals surface area contributed by atoms with E-state index in [1.807, 2.05) is 0 Å². The first-order valence-corrected chi connectivity index (χ1v) is 8.10. The van der Waals surface area contributed by atoms with E-state index in [0.29, 0.717) is 6.42 Å². The average Bonchev–Trinajstić information content (AvgIpc) is 2.50. The van der Waals surface area contributed by atoms with E-state index in [4.69, 9.17) is 0 Å². The maximum Gasteiger partial charge on any atom is 0.120 e. The molecular weight excluding hydrogens is 256 g/mol. The van der Waals surface area contributed by atoms with Gasteiger partial charge >= 0.3 is 0 Å². The van der Waals surface area contributed by atoms with Crippen molar-refractivity contribution in [1.82, 2.24) is 0 Å². The van der Waals surface area contributed by atoms with E-state index in [0.717, 1.165) is 51.2 Å². The van der Waals surface area contributed by atoms with E-state index in [1.165, 1.54) is 0 Å². The fourth-order valence-electron chi connectivity index (χ4n) is 1.69. The molecule has 116 valence electrons. The van der Waals surface area contributed by atoms with Gasteiger partial charge in [-0.05, 0) is 44.9 Å². The lowest BCUT2D eigenvalue weighted by Crippen LogP contribution is -1.73. The highest BCUT2D eigenvalue weighted by Crippen LogP contribution is 1.97. The van der Waals surface area contributed by atoms with Crippen LogP contribution in [0.1, 0.15) is 58.3 Å². The third-order valence-electron chi connectivity index (χ3n) is 2.85. The van der Waals surface area contributed by atoms with Gasteiger partial charge in [-0.2, -0.15) is 0 Å². The van der Waals surface area contributed by atoms with Gasteiger partial charge in [-0.25, -0.2) is 0 Å². The van der Waals surface area contributed by atoms with Crippen LogP contribution in [0.25, 0.3) is 0 Å². The Morgan fingerprint density at radius 1 is 0.571 bits per heavy atom. The van der Waals surface area contributed by atoms with Gasteiger partial charge in [-0.3, -0.25) is 0 Å². The Bertz CT molecular complexity index is 356. The molecule has 0 aliphatic rings. The Morgan fingerprint density at radius 3 is 1.43 bits per heavy atom. The third-order valence-corrected chi connectivity index (χ3v) is 2.85. The normalized spacial score (nSPS) is 12.8. The lowest BCUT2D eigenvalue weighted by atomic mass is 10.2. The Morgan fingerprint density at radius 2 is 1.00 bits per heavy atom. The molecule has 0 atom stereocenters. The third kappa shape index (κ3) is 18.4. The SMILES string of the molecule is CC/C=C/C/C=C/C/C=C/C/C=C/C/C=C/CCCC=O. The van der Waals surface area contributed by atoms with Gasteiger partial charge in [-0.15, -0.1) is 0 Å². The summed E-state index contributed by atoms with van der Waals surface area (Å²) >= 11 is 0. The fourth-order valence-corrected chi connectivity index (χ4v) is 1.69. The Hall–Kier alpha value is -1.63. The lowest BCUT2D eigenvalue weighted by molar-refractivity contribution is -0.107. The molecule has 0 aromatic rings. The standard InChI is InChI=1S/C20H30O/c1-2-3-4-5-6-7-8-9-10-11-12-13-14-15-16-17-18-19-20-21/h3-4,6-7,9-10,12-13,15-16,20H,2,5,8,11,14,17-19H2,1H3/b4-3+,7-6+,10-9+,13-12+,16-15+. The zero-order valence-electron chi connectivity index (χ0n) is 13.4. The lowest BCUT2D eigenvalue weighted by Gasteiger charge is -1.87. The van der Waals surface area contributed by atoms with Gasteiger partial charge in [0, 0.05) is 6.42 Å². The van der Waals surface area contributed by atoms with Crippen LogP contribution in [-0.2, 0) is 4.79 Å². The molecule has 0 N–H and O–H groups in total. The van der Waals surface area contributed by atoms with Crippen molar-refractivity contribution in [3.8, 4) is 0 Å². The van der Waals surface area contributed by atoms with Crippen LogP contribution in [0.4, 0.5) is 0 Å². The Kier molecular flexibility index (Phi) is 16.9. The van der Waals surface area contributed by atoms with Crippen molar-refractivity contribution >= 4 is 6.29 Å². The second-order valence-electron chi connectivity index (χ2n) is 4.81. The van der Waals surface area contributed by atoms with Gasteiger partial charge in [0.15, 0.2) is 0 Å². The van der Waals surface area contributed by atoms with Crippen LogP contribution in [0.15, 0.2) is 60.8 Å². The summed E-state index contributed by atoms with van der Waals surface area (Å²) in [6, 6.07) is 0. The van der Waals surface area contributed by atoms with Crippen LogP contribution in [0.5, 0.6) is 0 Å². The van der Waals surface area contributed by atoms with Crippen molar-refractivity contribution in [2.75, 3.05) is 0 Å². The van der Waals surface area contributed by atoms with Crippen LogP contribution in [0.3, 0.4) is 0 Å². The molecule has 0 saturated carbocycles. The number of carbonyl (C=O) groups excluding carboxylic acids is 1. The molecule has 21 heavy (non-hydrogen) atoms. The molecule has 1 nitrogen and oxygen atoms in total. The van der Waals surface area contributed by atoms with E-state index in [1.54, 1.807) is 0 Å². The molecule has 0 saturated heterocycles. The van der Waals surface area contributed by atoms with E-state index >= 15 is 0 Å². The molecule has 1 heteroatoms. The van der Waals surface area contributed by atoms with Crippen molar-refractivity contribution in [3.63, 3.8) is 0 Å². The van der Waals surface area contributed by atoms with Gasteiger partial charge in [0.05, 0.1) is 0 Å². The summed E-state index contributed by atoms with van der Waals surface area (Å²) in [5, 5.41) is 0. The number of aldehydes is 1. The molecule has 0 amide bonds. The second kappa shape index (κ2) is 18.4. The van der Waals surface area contributed by atoms with E-state index in [-0.39, 0.29) is 0 Å². The molecule has 0 fully saturated rings. The minimum absolute atomic E-state index is 0.675. The molecule has 0 rings (SSSR count). The highest BCUT2D eigenvalue weighted by atomic mass is 16.1. The number of carbonyl (C=O) groups is 1. The number of unbranched alkanes of at least 4 members (excludes halogenated alkanes) is 2. The minimum Gasteiger partial charge on any atom is -0.303 e. The predicted molar refractivity (Wildman–Crippen MR) is 94.4 cm³/mol. The van der Waals surface area contributed by atoms with Crippen molar-refractivity contribution in [1.29, 1.82) is 0 Å². The van der Waals surface area contributed by atoms with Gasteiger partial charge in [-0.1, -0.05) is 67.7 Å². The van der Waals surface area contributed by atoms with Gasteiger partial charge in [0.1, 0.15) is 6.29 Å². The first kappa shape index (κ1) is 19.4. The maximum atomic E-state index is 10.1. The number of hydrogen-bond acceptors (Lipinski definition) is 1. The van der Waals surface area contributed by atoms with Crippen LogP contribution in [0, 0.1) is 0 Å². The summed E-state index contributed by atoms with van der Waals surface area (Å²) in [6.45, 7) is 2.15. The van der Waals surface area contributed by atoms with E-state index in [2.05, 4.69) is 67.7 Å². The number of rotatable bonds is 13. The summed E-state index contributed by atoms with van der Waals surface area (Å²) in [5.41, 5.74) is 0. The quantitative estimate of drug-likeness (QED) is 0.227. The topological polar surface area (TPSA) is 17.1 Å². The molecule has 0 heterocycles. The zero-order chi connectivity index (χ0) is 15.4. The Labute approximate surface area is 130 Å². The monoisotopic (exact) mass is 286 g/mol. The molecule has 0 aromatic carbocycles. The van der Waals surface area contributed by atoms with Crippen LogP contribution in [0.2, 0.25) is 0 Å². The fraction of sp³-hybridized carbons (Fsp3) is 0.450. The summed E-state index contributed by atoms with van der Waals surface area (Å²) in [6.07, 6.45) is 30.7. The summed E-state index contributed by atoms with van der Waals surface area (Å²) in [4.78, 5) is 10.1. The number of allylic oxidation sites excluding steroid dienone is 10. The summed E-state index contributed by atoms with van der Waals surface area (Å²) < 4.78 is 0. The smallest absolute Gasteiger partial charge is 0.120 e. The zero-order valence-corrected chi connectivity index (χ0v) is 13.4. The highest BCUT2D eigenvalue weighted by molar-refractivity contribution is 5.49. The van der Waals surface area contributed by atoms with Crippen molar-refractivity contribution in [3.05, 3.63) is 60.8 Å². The molecule has 0 bridgehead atoms. The molecule has 0 unspecified atom stereocenters. The molecule has 0 spiro atoms. The van der Waals surface area contributed by atoms with Crippen LogP contribution >= 0.6 is 0 Å². The molecule has 0 aromatic heterocycles. The molecule has 0 radical (unpaired) electrons. The highest BCUT2D eigenvalue weighted by Gasteiger charge is 1.80. The minimum atomic E-state index is 0.675. The van der Waals surface area contributed by atoms with Crippen LogP contribution < -0.4 is 0 Å². The van der Waals surface area contributed by atoms with E-state index in [9.17, 15) is 4.79 Å². The molecule has 0 aliphatic heterocycles. The Balaban J connectivity index is 3.43. The maximum absolute atomic E-state index is 10.1. The first-order chi connectivity index (χ1) is 10.4. The van der Waals surface area contributed by atoms with Crippen LogP contribution in [-0.4, -0.2) is 6.29 Å². The van der Waals surface area contributed by atoms with Gasteiger partial charge < -0.3 is 4.79 Å². The summed E-state index contributed by atoms with van der Waals surface area (Å²) in [5.74, 6) is 0. The summed E-state index contributed by atoms with van der Waals surface area (Å²) in [7, 11) is 0. The van der Waals surface area contributed by atoms with E-state index < -0.39 is 0 Å². The van der Waals surface area contributed by atoms with Crippen molar-refractivity contribution in [2.45, 2.75) is 58.3 Å². The van der Waals surface area contributed by atoms with Gasteiger partial charge in [0.2, 0.25) is 0 Å². The van der Waals surface area contributed by atoms with Gasteiger partial charge in [0.25, 0.3) is 0 Å². The van der Waals surface area contributed by atoms with Crippen molar-refractivity contribution in [2.24, 2.45) is 0 Å². The first-order valence-electron chi connectivity index (χ1n) is 8.10. The predicted octanol–water partition coefficient (Wildman–Crippen LogP) is 6.11.